The average molecular weight is 418 g/mol. The predicted octanol–water partition coefficient (Wildman–Crippen LogP) is 2.60. The van der Waals surface area contributed by atoms with Crippen LogP contribution < -0.4 is 14.8 Å². The lowest BCUT2D eigenvalue weighted by atomic mass is 10.2. The molecule has 0 saturated carbocycles. The number of ether oxygens (including phenoxy) is 2. The second-order valence-corrected chi connectivity index (χ2v) is 6.66. The van der Waals surface area contributed by atoms with E-state index in [1.54, 1.807) is 30.7 Å². The highest BCUT2D eigenvalue weighted by atomic mass is 16.5. The van der Waals surface area contributed by atoms with Gasteiger partial charge in [-0.2, -0.15) is 0 Å². The summed E-state index contributed by atoms with van der Waals surface area (Å²) in [6, 6.07) is 18.5. The molecule has 0 spiro atoms. The lowest BCUT2D eigenvalue weighted by Gasteiger charge is -2.09. The number of imidazole rings is 1. The van der Waals surface area contributed by atoms with Crippen molar-refractivity contribution in [3.8, 4) is 17.3 Å². The van der Waals surface area contributed by atoms with Crippen LogP contribution in [0, 0.1) is 0 Å². The minimum atomic E-state index is -0.237. The second kappa shape index (κ2) is 9.73. The van der Waals surface area contributed by atoms with Crippen LogP contribution in [-0.4, -0.2) is 51.9 Å². The van der Waals surface area contributed by atoms with E-state index in [0.29, 0.717) is 30.2 Å². The van der Waals surface area contributed by atoms with E-state index < -0.39 is 0 Å². The summed E-state index contributed by atoms with van der Waals surface area (Å²) in [5.74, 6) is 1.07. The molecule has 2 aromatic heterocycles. The normalized spacial score (nSPS) is 10.7. The zero-order chi connectivity index (χ0) is 21.5. The van der Waals surface area contributed by atoms with Gasteiger partial charge in [0.15, 0.2) is 0 Å². The molecule has 2 N–H and O–H groups in total. The van der Waals surface area contributed by atoms with Gasteiger partial charge in [0.1, 0.15) is 25.3 Å². The first kappa shape index (κ1) is 20.4. The van der Waals surface area contributed by atoms with Crippen LogP contribution in [0.15, 0.2) is 73.2 Å². The average Bonchev–Trinajstić information content (AvgIpc) is 3.24. The summed E-state index contributed by atoms with van der Waals surface area (Å²) >= 11 is 0. The fourth-order valence-corrected chi connectivity index (χ4v) is 3.07. The Bertz CT molecular complexity index is 1140. The fraction of sp³-hybridized carbons (Fsp3) is 0.174. The van der Waals surface area contributed by atoms with Crippen LogP contribution in [-0.2, 0) is 0 Å². The monoisotopic (exact) mass is 418 g/mol. The number of pyridine rings is 1. The molecule has 31 heavy (non-hydrogen) atoms. The highest BCUT2D eigenvalue weighted by molar-refractivity contribution is 5.97. The molecule has 4 rings (SSSR count). The zero-order valence-corrected chi connectivity index (χ0v) is 16.8. The maximum absolute atomic E-state index is 12.1. The van der Waals surface area contributed by atoms with Crippen LogP contribution >= 0.6 is 0 Å². The van der Waals surface area contributed by atoms with Gasteiger partial charge in [-0.25, -0.2) is 9.97 Å². The molecule has 2 aromatic carbocycles. The van der Waals surface area contributed by atoms with E-state index >= 15 is 0 Å². The third-order valence-electron chi connectivity index (χ3n) is 4.56. The number of hydrogen-bond acceptors (Lipinski definition) is 6. The van der Waals surface area contributed by atoms with Gasteiger partial charge in [-0.3, -0.25) is 9.36 Å². The number of nitrogens with one attached hydrogen (secondary N) is 1. The molecule has 0 atom stereocenters. The lowest BCUT2D eigenvalue weighted by Crippen LogP contribution is -2.26. The van der Waals surface area contributed by atoms with Crippen molar-refractivity contribution in [2.75, 3.05) is 26.4 Å². The van der Waals surface area contributed by atoms with Gasteiger partial charge in [-0.15, -0.1) is 0 Å². The third-order valence-corrected chi connectivity index (χ3v) is 4.56. The molecule has 2 heterocycles. The van der Waals surface area contributed by atoms with Crippen molar-refractivity contribution in [3.63, 3.8) is 0 Å². The number of nitrogens with zero attached hydrogens (tertiary/aromatic N) is 3. The summed E-state index contributed by atoms with van der Waals surface area (Å²) in [4.78, 5) is 20.6. The number of carbonyl (C=O) groups is 1. The molecule has 0 saturated heterocycles. The van der Waals surface area contributed by atoms with E-state index in [4.69, 9.17) is 14.6 Å². The molecule has 4 aromatic rings. The van der Waals surface area contributed by atoms with Gasteiger partial charge >= 0.3 is 0 Å². The first-order valence-electron chi connectivity index (χ1n) is 9.88. The predicted molar refractivity (Wildman–Crippen MR) is 116 cm³/mol. The smallest absolute Gasteiger partial charge is 0.251 e. The molecule has 8 nitrogen and oxygen atoms in total. The Hall–Kier alpha value is -3.91. The Labute approximate surface area is 179 Å². The van der Waals surface area contributed by atoms with Crippen LogP contribution in [0.1, 0.15) is 10.4 Å². The third kappa shape index (κ3) is 4.99. The first-order valence-corrected chi connectivity index (χ1v) is 9.88. The van der Waals surface area contributed by atoms with Crippen LogP contribution in [0.4, 0.5) is 0 Å². The molecular weight excluding hydrogens is 396 g/mol. The Morgan fingerprint density at radius 2 is 1.84 bits per heavy atom. The van der Waals surface area contributed by atoms with Gasteiger partial charge in [0.2, 0.25) is 5.88 Å². The van der Waals surface area contributed by atoms with Gasteiger partial charge < -0.3 is 19.9 Å². The van der Waals surface area contributed by atoms with E-state index in [1.807, 2.05) is 47.0 Å². The maximum atomic E-state index is 12.1. The van der Waals surface area contributed by atoms with Crippen molar-refractivity contribution in [2.45, 2.75) is 0 Å². The first-order chi connectivity index (χ1) is 15.2. The van der Waals surface area contributed by atoms with E-state index in [2.05, 4.69) is 15.3 Å². The number of amides is 1. The highest BCUT2D eigenvalue weighted by Gasteiger charge is 2.10. The standard InChI is InChI=1S/C23H22N4O4/c28-12-11-25-23(29)17-4-9-21-20(15-17)26-16-27(21)18-5-7-19(8-6-18)30-13-14-31-22-3-1-2-10-24-22/h1-10,15-16,28H,11-14H2,(H,25,29). The van der Waals surface area contributed by atoms with Gasteiger partial charge in [-0.1, -0.05) is 6.07 Å². The van der Waals surface area contributed by atoms with Crippen molar-refractivity contribution in [1.29, 1.82) is 0 Å². The lowest BCUT2D eigenvalue weighted by molar-refractivity contribution is 0.0945. The Morgan fingerprint density at radius 3 is 2.61 bits per heavy atom. The summed E-state index contributed by atoms with van der Waals surface area (Å²) in [6.45, 7) is 0.929. The summed E-state index contributed by atoms with van der Waals surface area (Å²) < 4.78 is 13.2. The van der Waals surface area contributed by atoms with Gasteiger partial charge in [0.05, 0.1) is 17.6 Å². The van der Waals surface area contributed by atoms with Gasteiger partial charge in [-0.05, 0) is 48.5 Å². The molecule has 0 aliphatic heterocycles. The number of carbonyl (C=O) groups excluding carboxylic acids is 1. The minimum Gasteiger partial charge on any atom is -0.490 e. The molecule has 158 valence electrons. The molecular formula is C23H22N4O4. The molecule has 1 amide bonds. The SMILES string of the molecule is O=C(NCCO)c1ccc2c(c1)ncn2-c1ccc(OCCOc2ccccn2)cc1. The van der Waals surface area contributed by atoms with Crippen LogP contribution in [0.25, 0.3) is 16.7 Å². The van der Waals surface area contributed by atoms with Gasteiger partial charge in [0, 0.05) is 30.1 Å². The van der Waals surface area contributed by atoms with E-state index in [-0.39, 0.29) is 19.1 Å². The minimum absolute atomic E-state index is 0.0976. The molecule has 0 unspecified atom stereocenters. The summed E-state index contributed by atoms with van der Waals surface area (Å²) in [7, 11) is 0. The molecule has 8 heteroatoms. The highest BCUT2D eigenvalue weighted by Crippen LogP contribution is 2.21. The van der Waals surface area contributed by atoms with Crippen molar-refractivity contribution in [1.82, 2.24) is 19.9 Å². The molecule has 0 radical (unpaired) electrons. The van der Waals surface area contributed by atoms with Crippen LogP contribution in [0.2, 0.25) is 0 Å². The number of hydrogen-bond donors (Lipinski definition) is 2. The molecule has 0 bridgehead atoms. The summed E-state index contributed by atoms with van der Waals surface area (Å²) in [5.41, 5.74) is 3.03. The number of benzene rings is 2. The molecule has 0 aliphatic rings. The Balaban J connectivity index is 1.38. The Morgan fingerprint density at radius 1 is 1.00 bits per heavy atom. The number of rotatable bonds is 9. The topological polar surface area (TPSA) is 98.5 Å². The summed E-state index contributed by atoms with van der Waals surface area (Å²) in [5, 5.41) is 11.5. The fourth-order valence-electron chi connectivity index (χ4n) is 3.07. The number of aliphatic hydroxyl groups is 1. The number of aromatic nitrogens is 3. The summed E-state index contributed by atoms with van der Waals surface area (Å²) in [6.07, 6.45) is 3.40. The molecule has 0 aliphatic carbocycles. The van der Waals surface area contributed by atoms with E-state index in [1.165, 1.54) is 0 Å². The molecule has 0 fully saturated rings. The number of fused-ring (bicyclic) bond motifs is 1. The zero-order valence-electron chi connectivity index (χ0n) is 16.8. The van der Waals surface area contributed by atoms with Crippen molar-refractivity contribution >= 4 is 16.9 Å². The van der Waals surface area contributed by atoms with Crippen LogP contribution in [0.5, 0.6) is 11.6 Å². The number of aliphatic hydroxyl groups excluding tert-OH is 1. The largest absolute Gasteiger partial charge is 0.490 e. The van der Waals surface area contributed by atoms with E-state index in [9.17, 15) is 4.79 Å². The quantitative estimate of drug-likeness (QED) is 0.406. The maximum Gasteiger partial charge on any atom is 0.251 e. The second-order valence-electron chi connectivity index (χ2n) is 6.66. The Kier molecular flexibility index (Phi) is 6.39. The van der Waals surface area contributed by atoms with Crippen molar-refractivity contribution in [3.05, 3.63) is 78.8 Å². The van der Waals surface area contributed by atoms with Crippen molar-refractivity contribution < 1.29 is 19.4 Å². The van der Waals surface area contributed by atoms with Crippen molar-refractivity contribution in [2.24, 2.45) is 0 Å². The van der Waals surface area contributed by atoms with Crippen LogP contribution in [0.3, 0.4) is 0 Å². The van der Waals surface area contributed by atoms with Gasteiger partial charge in [0.25, 0.3) is 5.91 Å². The van der Waals surface area contributed by atoms with E-state index in [0.717, 1.165) is 17.0 Å².